The summed E-state index contributed by atoms with van der Waals surface area (Å²) in [7, 11) is 1.54. The van der Waals surface area contributed by atoms with Crippen LogP contribution in [-0.4, -0.2) is 12.9 Å². The van der Waals surface area contributed by atoms with Crippen LogP contribution in [0, 0.1) is 11.3 Å². The number of rotatable bonds is 3. The van der Waals surface area contributed by atoms with Crippen molar-refractivity contribution in [3.05, 3.63) is 34.9 Å². The Morgan fingerprint density at radius 3 is 2.62 bits per heavy atom. The molecule has 0 fully saturated rings. The lowest BCUT2D eigenvalue weighted by molar-refractivity contribution is -0.113. The van der Waals surface area contributed by atoms with Gasteiger partial charge in [-0.15, -0.1) is 0 Å². The molecule has 0 aliphatic carbocycles. The van der Waals surface area contributed by atoms with E-state index in [1.807, 2.05) is 6.07 Å². The molecule has 0 N–H and O–H groups in total. The molecular weight excluding hydrogens is 202 g/mol. The molecular formula is C13H13NO2. The third-order valence-electron chi connectivity index (χ3n) is 2.29. The topological polar surface area (TPSA) is 50.1 Å². The van der Waals surface area contributed by atoms with Gasteiger partial charge >= 0.3 is 0 Å². The second-order valence-electron chi connectivity index (χ2n) is 3.45. The second kappa shape index (κ2) is 5.13. The Balaban J connectivity index is 3.20. The number of methoxy groups -OCH3 is 1. The van der Waals surface area contributed by atoms with Gasteiger partial charge in [0.1, 0.15) is 5.75 Å². The van der Waals surface area contributed by atoms with Crippen LogP contribution in [0.5, 0.6) is 5.75 Å². The first-order chi connectivity index (χ1) is 7.58. The van der Waals surface area contributed by atoms with Crippen LogP contribution in [0.15, 0.2) is 23.8 Å². The zero-order valence-electron chi connectivity index (χ0n) is 9.57. The highest BCUT2D eigenvalue weighted by atomic mass is 16.5. The van der Waals surface area contributed by atoms with E-state index in [0.29, 0.717) is 16.9 Å². The van der Waals surface area contributed by atoms with Gasteiger partial charge in [-0.3, -0.25) is 4.79 Å². The summed E-state index contributed by atoms with van der Waals surface area (Å²) in [5, 5.41) is 8.74. The zero-order chi connectivity index (χ0) is 12.1. The van der Waals surface area contributed by atoms with Gasteiger partial charge in [0.25, 0.3) is 0 Å². The number of nitriles is 1. The summed E-state index contributed by atoms with van der Waals surface area (Å²) in [6, 6.07) is 7.15. The van der Waals surface area contributed by atoms with Crippen LogP contribution in [0.3, 0.4) is 0 Å². The molecule has 3 heteroatoms. The lowest BCUT2D eigenvalue weighted by Gasteiger charge is -2.05. The molecule has 1 rings (SSSR count). The molecule has 1 aromatic rings. The first kappa shape index (κ1) is 12.0. The average molecular weight is 215 g/mol. The molecule has 0 unspecified atom stereocenters. The van der Waals surface area contributed by atoms with E-state index in [4.69, 9.17) is 10.00 Å². The number of nitrogens with zero attached hydrogens (tertiary/aromatic N) is 1. The minimum Gasteiger partial charge on any atom is -0.496 e. The predicted octanol–water partition coefficient (Wildman–Crippen LogP) is 2.56. The fourth-order valence-electron chi connectivity index (χ4n) is 1.23. The van der Waals surface area contributed by atoms with E-state index >= 15 is 0 Å². The quantitative estimate of drug-likeness (QED) is 0.728. The van der Waals surface area contributed by atoms with Gasteiger partial charge in [0.2, 0.25) is 0 Å². The van der Waals surface area contributed by atoms with E-state index < -0.39 is 0 Å². The molecule has 0 amide bonds. The molecule has 0 heterocycles. The maximum atomic E-state index is 11.1. The van der Waals surface area contributed by atoms with Crippen molar-refractivity contribution in [2.45, 2.75) is 13.8 Å². The lowest BCUT2D eigenvalue weighted by atomic mass is 10.1. The monoisotopic (exact) mass is 215 g/mol. The fraction of sp³-hybridized carbons (Fsp3) is 0.231. The molecule has 3 nitrogen and oxygen atoms in total. The maximum Gasteiger partial charge on any atom is 0.155 e. The Hall–Kier alpha value is -2.08. The van der Waals surface area contributed by atoms with Gasteiger partial charge in [-0.1, -0.05) is 0 Å². The van der Waals surface area contributed by atoms with Crippen LogP contribution < -0.4 is 4.74 Å². The summed E-state index contributed by atoms with van der Waals surface area (Å²) in [5.41, 5.74) is 1.99. The van der Waals surface area contributed by atoms with Crippen molar-refractivity contribution in [2.24, 2.45) is 0 Å². The molecule has 0 saturated carbocycles. The number of carbonyl (C=O) groups is 1. The number of benzene rings is 1. The number of ether oxygens (including phenoxy) is 1. The van der Waals surface area contributed by atoms with Gasteiger partial charge in [0.05, 0.1) is 18.7 Å². The normalized spacial score (nSPS) is 10.8. The summed E-state index contributed by atoms with van der Waals surface area (Å²) < 4.78 is 5.16. The molecule has 0 atom stereocenters. The van der Waals surface area contributed by atoms with Crippen molar-refractivity contribution in [3.8, 4) is 11.8 Å². The Bertz CT molecular complexity index is 481. The van der Waals surface area contributed by atoms with Crippen LogP contribution in [0.1, 0.15) is 25.0 Å². The first-order valence-corrected chi connectivity index (χ1v) is 4.86. The molecule has 0 aromatic heterocycles. The van der Waals surface area contributed by atoms with E-state index in [1.165, 1.54) is 14.0 Å². The van der Waals surface area contributed by atoms with Crippen LogP contribution in [0.25, 0.3) is 6.08 Å². The van der Waals surface area contributed by atoms with E-state index in [-0.39, 0.29) is 5.78 Å². The van der Waals surface area contributed by atoms with Gasteiger partial charge in [-0.25, -0.2) is 0 Å². The van der Waals surface area contributed by atoms with Crippen molar-refractivity contribution in [2.75, 3.05) is 7.11 Å². The minimum absolute atomic E-state index is 0.0198. The largest absolute Gasteiger partial charge is 0.496 e. The lowest BCUT2D eigenvalue weighted by Crippen LogP contribution is -1.93. The standard InChI is InChI=1S/C13H13NO2/c1-9(10(2)15)6-12-5-4-11(8-14)7-13(12)16-3/h4-7H,1-3H3/b9-6-. The molecule has 16 heavy (non-hydrogen) atoms. The Kier molecular flexibility index (Phi) is 3.84. The highest BCUT2D eigenvalue weighted by Crippen LogP contribution is 2.22. The second-order valence-corrected chi connectivity index (χ2v) is 3.45. The third-order valence-corrected chi connectivity index (χ3v) is 2.29. The summed E-state index contributed by atoms with van der Waals surface area (Å²) in [4.78, 5) is 11.1. The summed E-state index contributed by atoms with van der Waals surface area (Å²) in [5.74, 6) is 0.617. The molecule has 0 spiro atoms. The van der Waals surface area contributed by atoms with Crippen molar-refractivity contribution < 1.29 is 9.53 Å². The van der Waals surface area contributed by atoms with Crippen LogP contribution >= 0.6 is 0 Å². The number of hydrogen-bond donors (Lipinski definition) is 0. The van der Waals surface area contributed by atoms with Gasteiger partial charge < -0.3 is 4.74 Å². The minimum atomic E-state index is 0.0198. The maximum absolute atomic E-state index is 11.1. The SMILES string of the molecule is COc1cc(C#N)ccc1/C=C(/C)C(C)=O. The van der Waals surface area contributed by atoms with Gasteiger partial charge in [-0.05, 0) is 43.7 Å². The van der Waals surface area contributed by atoms with Crippen LogP contribution in [-0.2, 0) is 4.79 Å². The number of ketones is 1. The Morgan fingerprint density at radius 2 is 2.12 bits per heavy atom. The van der Waals surface area contributed by atoms with Gasteiger partial charge in [-0.2, -0.15) is 5.26 Å². The molecule has 1 aromatic carbocycles. The van der Waals surface area contributed by atoms with Crippen molar-refractivity contribution in [1.82, 2.24) is 0 Å². The summed E-state index contributed by atoms with van der Waals surface area (Å²) >= 11 is 0. The van der Waals surface area contributed by atoms with Crippen molar-refractivity contribution >= 4 is 11.9 Å². The third kappa shape index (κ3) is 2.71. The number of Topliss-reactive ketones (excluding diaryl/α,β-unsaturated/α-hetero) is 1. The number of carbonyl (C=O) groups excluding carboxylic acids is 1. The Labute approximate surface area is 95.0 Å². The molecule has 0 radical (unpaired) electrons. The van der Waals surface area contributed by atoms with E-state index in [9.17, 15) is 4.79 Å². The van der Waals surface area contributed by atoms with Crippen LogP contribution in [0.4, 0.5) is 0 Å². The molecule has 82 valence electrons. The molecule has 0 bridgehead atoms. The van der Waals surface area contributed by atoms with Gasteiger partial charge in [0, 0.05) is 5.56 Å². The molecule has 0 aliphatic heterocycles. The fourth-order valence-corrected chi connectivity index (χ4v) is 1.23. The van der Waals surface area contributed by atoms with Crippen molar-refractivity contribution in [1.29, 1.82) is 5.26 Å². The summed E-state index contributed by atoms with van der Waals surface area (Å²) in [6.45, 7) is 3.27. The van der Waals surface area contributed by atoms with E-state index in [1.54, 1.807) is 31.2 Å². The summed E-state index contributed by atoms with van der Waals surface area (Å²) in [6.07, 6.45) is 1.75. The van der Waals surface area contributed by atoms with Crippen molar-refractivity contribution in [3.63, 3.8) is 0 Å². The average Bonchev–Trinajstić information content (AvgIpc) is 2.29. The number of hydrogen-bond acceptors (Lipinski definition) is 3. The van der Waals surface area contributed by atoms with E-state index in [0.717, 1.165) is 5.56 Å². The first-order valence-electron chi connectivity index (χ1n) is 4.86. The smallest absolute Gasteiger partial charge is 0.155 e. The zero-order valence-corrected chi connectivity index (χ0v) is 9.57. The number of allylic oxidation sites excluding steroid dienone is 1. The molecule has 0 aliphatic rings. The van der Waals surface area contributed by atoms with Gasteiger partial charge in [0.15, 0.2) is 5.78 Å². The molecule has 0 saturated heterocycles. The highest BCUT2D eigenvalue weighted by Gasteiger charge is 2.04. The highest BCUT2D eigenvalue weighted by molar-refractivity contribution is 5.97. The van der Waals surface area contributed by atoms with E-state index in [2.05, 4.69) is 0 Å². The predicted molar refractivity (Wildman–Crippen MR) is 62.0 cm³/mol. The van der Waals surface area contributed by atoms with Crippen LogP contribution in [0.2, 0.25) is 0 Å². The Morgan fingerprint density at radius 1 is 1.44 bits per heavy atom.